The molecule has 5 nitrogen and oxygen atoms in total. The molecule has 0 saturated carbocycles. The lowest BCUT2D eigenvalue weighted by Gasteiger charge is -2.33. The van der Waals surface area contributed by atoms with E-state index in [0.717, 1.165) is 0 Å². The average molecular weight is 1520 g/mol. The van der Waals surface area contributed by atoms with E-state index < -0.39 is 0 Å². The summed E-state index contributed by atoms with van der Waals surface area (Å²) >= 11 is 0. The fraction of sp³-hybridized carbons (Fsp3) is 0.0973. The third kappa shape index (κ3) is 13.7. The summed E-state index contributed by atoms with van der Waals surface area (Å²) in [7, 11) is 0. The number of hydrogen-bond acceptors (Lipinski definition) is 0. The number of aryl methyl sites for hydroxylation is 7. The zero-order valence-electron chi connectivity index (χ0n) is 68.4. The first-order chi connectivity index (χ1) is 57.7. The first kappa shape index (κ1) is 75.1. The van der Waals surface area contributed by atoms with Crippen molar-refractivity contribution in [1.29, 1.82) is 0 Å². The van der Waals surface area contributed by atoms with Crippen molar-refractivity contribution in [3.63, 3.8) is 0 Å². The van der Waals surface area contributed by atoms with Gasteiger partial charge < -0.3 is 24.5 Å². The molecular formula is C113H95N5. The smallest absolute Gasteiger partial charge is 0.0713 e. The van der Waals surface area contributed by atoms with E-state index in [1.54, 1.807) is 0 Å². The molecular weight excluding hydrogens is 1430 g/mol. The third-order valence-electron chi connectivity index (χ3n) is 24.2. The van der Waals surface area contributed by atoms with Gasteiger partial charge in [-0.2, -0.15) is 0 Å². The molecule has 118 heavy (non-hydrogen) atoms. The number of nitrogens with one attached hydrogen (secondary N) is 4. The van der Waals surface area contributed by atoms with E-state index >= 15 is 0 Å². The van der Waals surface area contributed by atoms with Crippen LogP contribution in [0.3, 0.4) is 0 Å². The number of H-pyrrole nitrogens is 4. The van der Waals surface area contributed by atoms with Crippen LogP contribution in [-0.2, 0) is 10.8 Å². The number of aromatic amines is 4. The Morgan fingerprint density at radius 3 is 1.30 bits per heavy atom. The summed E-state index contributed by atoms with van der Waals surface area (Å²) in [5.74, 6) is 0. The molecule has 2 aliphatic carbocycles. The van der Waals surface area contributed by atoms with Crippen LogP contribution in [0.15, 0.2) is 388 Å². The van der Waals surface area contributed by atoms with E-state index in [2.05, 4.69) is 475 Å². The molecule has 0 aliphatic heterocycles. The molecule has 22 aromatic rings. The van der Waals surface area contributed by atoms with Gasteiger partial charge in [0.25, 0.3) is 0 Å². The molecule has 0 saturated heterocycles. The fourth-order valence-electron chi connectivity index (χ4n) is 18.7. The molecule has 0 radical (unpaired) electrons. The maximum absolute atomic E-state index is 3.45. The lowest BCUT2D eigenvalue weighted by atomic mass is 9.67. The predicted molar refractivity (Wildman–Crippen MR) is 505 cm³/mol. The highest BCUT2D eigenvalue weighted by atomic mass is 15.0. The lowest BCUT2D eigenvalue weighted by Crippen LogP contribution is -2.28. The SMILES string of the molecule is Cc1ccc2[nH]c3ccccc3c2c1.Cc1ccc2c(c1)[nH]c1ccccc12.Cc1cccc2[nH]c3ccccc3c12.Cc1cccc2c1-c1ccccc1C2(C)C.Cc1cccc2c1-c1ccccc1C2(c1ccccc1)c1ccccc1.Cc1cccc2c1[nH]c1ccccc12.Cc1cccc2c3ccccc3n(-c3ccccc3)c12. The van der Waals surface area contributed by atoms with E-state index in [0.29, 0.717) is 0 Å². The highest BCUT2D eigenvalue weighted by Gasteiger charge is 2.46. The molecule has 5 aromatic heterocycles. The molecule has 17 aromatic carbocycles. The molecule has 0 atom stereocenters. The van der Waals surface area contributed by atoms with E-state index in [1.165, 1.54) is 209 Å². The molecule has 0 bridgehead atoms. The predicted octanol–water partition coefficient (Wildman–Crippen LogP) is 30.3. The first-order valence-corrected chi connectivity index (χ1v) is 41.1. The van der Waals surface area contributed by atoms with E-state index in [-0.39, 0.29) is 10.8 Å². The number of hydrogen-bond donors (Lipinski definition) is 4. The molecule has 0 unspecified atom stereocenters. The summed E-state index contributed by atoms with van der Waals surface area (Å²) in [6.07, 6.45) is 0. The maximum atomic E-state index is 3.45. The van der Waals surface area contributed by atoms with E-state index in [1.807, 2.05) is 0 Å². The number of fused-ring (bicyclic) bond motifs is 21. The minimum atomic E-state index is -0.263. The van der Waals surface area contributed by atoms with Gasteiger partial charge in [0.15, 0.2) is 0 Å². The highest BCUT2D eigenvalue weighted by molar-refractivity contribution is 6.12. The van der Waals surface area contributed by atoms with Crippen LogP contribution in [-0.4, -0.2) is 24.5 Å². The lowest BCUT2D eigenvalue weighted by molar-refractivity contribution is 0.660. The van der Waals surface area contributed by atoms with Crippen molar-refractivity contribution in [2.75, 3.05) is 0 Å². The summed E-state index contributed by atoms with van der Waals surface area (Å²) in [5.41, 5.74) is 36.7. The number of nitrogens with zero attached hydrogens (tertiary/aromatic N) is 1. The van der Waals surface area contributed by atoms with Crippen LogP contribution in [0, 0.1) is 48.5 Å². The molecule has 0 spiro atoms. The Balaban J connectivity index is 0.0000000961. The van der Waals surface area contributed by atoms with Gasteiger partial charge in [0, 0.05) is 109 Å². The Bertz CT molecular complexity index is 7360. The Kier molecular flexibility index (Phi) is 20.3. The summed E-state index contributed by atoms with van der Waals surface area (Å²) in [6.45, 7) is 19.8. The van der Waals surface area contributed by atoms with Crippen LogP contribution < -0.4 is 0 Å². The molecule has 24 rings (SSSR count). The van der Waals surface area contributed by atoms with Crippen molar-refractivity contribution in [2.45, 2.75) is 73.1 Å². The van der Waals surface area contributed by atoms with Crippen LogP contribution in [0.5, 0.6) is 0 Å². The normalized spacial score (nSPS) is 12.4. The van der Waals surface area contributed by atoms with Gasteiger partial charge in [-0.05, 0) is 204 Å². The molecule has 0 amide bonds. The fourth-order valence-corrected chi connectivity index (χ4v) is 18.7. The summed E-state index contributed by atoms with van der Waals surface area (Å²) in [4.78, 5) is 13.7. The Morgan fingerprint density at radius 1 is 0.237 bits per heavy atom. The van der Waals surface area contributed by atoms with Crippen LogP contribution in [0.1, 0.15) is 86.2 Å². The minimum absolute atomic E-state index is 0.151. The van der Waals surface area contributed by atoms with Crippen molar-refractivity contribution in [1.82, 2.24) is 24.5 Å². The molecule has 5 heteroatoms. The maximum Gasteiger partial charge on any atom is 0.0713 e. The highest BCUT2D eigenvalue weighted by Crippen LogP contribution is 2.57. The van der Waals surface area contributed by atoms with Gasteiger partial charge in [0.1, 0.15) is 0 Å². The van der Waals surface area contributed by atoms with Crippen molar-refractivity contribution >= 4 is 109 Å². The van der Waals surface area contributed by atoms with Gasteiger partial charge in [-0.25, -0.2) is 0 Å². The van der Waals surface area contributed by atoms with Gasteiger partial charge in [-0.1, -0.05) is 341 Å². The van der Waals surface area contributed by atoms with Gasteiger partial charge in [0.2, 0.25) is 0 Å². The zero-order chi connectivity index (χ0) is 80.6. The van der Waals surface area contributed by atoms with Crippen LogP contribution in [0.4, 0.5) is 0 Å². The van der Waals surface area contributed by atoms with Crippen molar-refractivity contribution in [3.8, 4) is 27.9 Å². The molecule has 4 N–H and O–H groups in total. The van der Waals surface area contributed by atoms with Gasteiger partial charge in [-0.3, -0.25) is 0 Å². The Morgan fingerprint density at radius 2 is 0.636 bits per heavy atom. The summed E-state index contributed by atoms with van der Waals surface area (Å²) < 4.78 is 2.36. The monoisotopic (exact) mass is 1520 g/mol. The second-order valence-corrected chi connectivity index (χ2v) is 32.1. The number of benzene rings is 17. The van der Waals surface area contributed by atoms with Crippen LogP contribution in [0.25, 0.3) is 137 Å². The van der Waals surface area contributed by atoms with Gasteiger partial charge in [0.05, 0.1) is 16.4 Å². The van der Waals surface area contributed by atoms with Gasteiger partial charge in [-0.15, -0.1) is 0 Å². The van der Waals surface area contributed by atoms with E-state index in [4.69, 9.17) is 0 Å². The molecule has 5 heterocycles. The van der Waals surface area contributed by atoms with Crippen molar-refractivity contribution < 1.29 is 0 Å². The second kappa shape index (κ2) is 31.8. The van der Waals surface area contributed by atoms with E-state index in [9.17, 15) is 0 Å². The third-order valence-corrected chi connectivity index (χ3v) is 24.2. The second-order valence-electron chi connectivity index (χ2n) is 32.1. The van der Waals surface area contributed by atoms with Crippen molar-refractivity contribution in [2.24, 2.45) is 0 Å². The average Bonchev–Trinajstić information content (AvgIpc) is 1.53. The Labute approximate surface area is 690 Å². The van der Waals surface area contributed by atoms with Crippen molar-refractivity contribution in [3.05, 3.63) is 461 Å². The largest absolute Gasteiger partial charge is 0.355 e. The zero-order valence-corrected chi connectivity index (χ0v) is 68.4. The molecule has 2 aliphatic rings. The Hall–Kier alpha value is -14.3. The topological polar surface area (TPSA) is 68.1 Å². The summed E-state index contributed by atoms with van der Waals surface area (Å²) in [5, 5.41) is 13.2. The standard InChI is InChI=1S/C26H20.C19H15N.C16H16.4C13H11N/c1-19-11-10-18-24-25(19)22-16-8-9-17-23(22)26(24,20-12-4-2-5-13-20)21-14-6-3-7-15-21;1-14-8-7-12-17-16-11-5-6-13-18(16)20(19(14)17)15-9-3-2-4-10-15;1-11-7-6-10-14-15(11)12-8-4-5-9-13(12)16(14,2)3;1-9-5-4-7-11-10-6-2-3-8-12(10)14-13(9)11;1-9-5-4-8-12-13(9)10-6-2-3-7-11(10)14-12;1-9-6-7-13-11(8-9)10-4-2-3-5-12(10)14-13;1-9-6-7-11-10-4-2-3-5-12(10)14-13(11)8-9/h2-18H,1H3;2-13H,1H3;4-10H,1-3H3;4*2-8,14H,1H3. The molecule has 0 fully saturated rings. The number of para-hydroxylation sites is 8. The van der Waals surface area contributed by atoms with Crippen LogP contribution >= 0.6 is 0 Å². The number of aromatic nitrogens is 5. The van der Waals surface area contributed by atoms with Crippen LogP contribution in [0.2, 0.25) is 0 Å². The summed E-state index contributed by atoms with van der Waals surface area (Å²) in [6, 6.07) is 138. The first-order valence-electron chi connectivity index (χ1n) is 41.1. The number of rotatable bonds is 3. The minimum Gasteiger partial charge on any atom is -0.355 e. The molecule has 572 valence electrons. The van der Waals surface area contributed by atoms with Gasteiger partial charge >= 0.3 is 0 Å². The quantitative estimate of drug-likeness (QED) is 0.136.